The zero-order valence-corrected chi connectivity index (χ0v) is 21.6. The first-order valence-corrected chi connectivity index (χ1v) is 12.5. The van der Waals surface area contributed by atoms with Crippen LogP contribution in [0.25, 0.3) is 0 Å². The average Bonchev–Trinajstić information content (AvgIpc) is 2.84. The summed E-state index contributed by atoms with van der Waals surface area (Å²) >= 11 is 0. The number of carboxylic acids is 2. The molecule has 0 aliphatic heterocycles. The molecule has 0 saturated carbocycles. The number of unbranched alkanes of at least 4 members (excludes halogenated alkanes) is 2. The molecular weight excluding hydrogens is 502 g/mol. The number of nitrogens with zero attached hydrogens (tertiary/aromatic N) is 1. The molecule has 0 aliphatic carbocycles. The van der Waals surface area contributed by atoms with Gasteiger partial charge in [-0.05, 0) is 58.0 Å². The summed E-state index contributed by atoms with van der Waals surface area (Å²) in [6.07, 6.45) is 2.06. The molecule has 218 valence electrons. The third kappa shape index (κ3) is 15.6. The predicted octanol–water partition coefficient (Wildman–Crippen LogP) is -3.36. The molecule has 0 heterocycles. The summed E-state index contributed by atoms with van der Waals surface area (Å²) < 4.78 is 0. The summed E-state index contributed by atoms with van der Waals surface area (Å²) in [6, 6.07) is -4.99. The van der Waals surface area contributed by atoms with Crippen LogP contribution in [0.5, 0.6) is 0 Å². The highest BCUT2D eigenvalue weighted by atomic mass is 16.4. The Balaban J connectivity index is 5.46. The van der Waals surface area contributed by atoms with Gasteiger partial charge in [-0.1, -0.05) is 6.42 Å². The van der Waals surface area contributed by atoms with E-state index in [1.807, 2.05) is 0 Å². The van der Waals surface area contributed by atoms with Gasteiger partial charge in [-0.3, -0.25) is 24.2 Å². The summed E-state index contributed by atoms with van der Waals surface area (Å²) in [5.74, 6) is -5.25. The van der Waals surface area contributed by atoms with E-state index >= 15 is 0 Å². The van der Waals surface area contributed by atoms with Gasteiger partial charge in [-0.15, -0.1) is 0 Å². The molecule has 0 aromatic heterocycles. The van der Waals surface area contributed by atoms with E-state index in [4.69, 9.17) is 28.7 Å². The third-order valence-electron chi connectivity index (χ3n) is 5.46. The predicted molar refractivity (Wildman–Crippen MR) is 139 cm³/mol. The van der Waals surface area contributed by atoms with Crippen LogP contribution in [0.4, 0.5) is 0 Å². The van der Waals surface area contributed by atoms with Gasteiger partial charge in [0.05, 0.1) is 12.5 Å². The molecule has 16 heteroatoms. The first-order chi connectivity index (χ1) is 17.9. The second kappa shape index (κ2) is 19.6. The number of aliphatic carboxylic acids is 2. The minimum atomic E-state index is -1.51. The van der Waals surface area contributed by atoms with E-state index < -0.39 is 60.2 Å². The fourth-order valence-electron chi connectivity index (χ4n) is 3.37. The van der Waals surface area contributed by atoms with E-state index in [0.717, 1.165) is 0 Å². The van der Waals surface area contributed by atoms with Gasteiger partial charge < -0.3 is 54.8 Å². The van der Waals surface area contributed by atoms with E-state index in [0.29, 0.717) is 38.8 Å². The maximum absolute atomic E-state index is 12.9. The van der Waals surface area contributed by atoms with Gasteiger partial charge in [0.15, 0.2) is 5.96 Å². The Bertz CT molecular complexity index is 806. The highest BCUT2D eigenvalue weighted by Gasteiger charge is 2.31. The number of hydrogen-bond donors (Lipinski definition) is 10. The normalized spacial score (nSPS) is 13.9. The molecule has 16 nitrogen and oxygen atoms in total. The largest absolute Gasteiger partial charge is 0.481 e. The minimum absolute atomic E-state index is 0.0149. The molecule has 0 aromatic rings. The molecular formula is C22H43N9O7. The van der Waals surface area contributed by atoms with Gasteiger partial charge in [-0.25, -0.2) is 4.79 Å². The molecule has 0 bridgehead atoms. The van der Waals surface area contributed by atoms with Crippen LogP contribution in [0.1, 0.15) is 57.8 Å². The van der Waals surface area contributed by atoms with Crippen molar-refractivity contribution in [2.24, 2.45) is 33.7 Å². The minimum Gasteiger partial charge on any atom is -0.481 e. The van der Waals surface area contributed by atoms with Crippen LogP contribution in [0, 0.1) is 0 Å². The monoisotopic (exact) mass is 545 g/mol. The Labute approximate surface area is 221 Å². The fourth-order valence-corrected chi connectivity index (χ4v) is 3.37. The Morgan fingerprint density at radius 1 is 0.684 bits per heavy atom. The second-order valence-corrected chi connectivity index (χ2v) is 8.74. The summed E-state index contributed by atoms with van der Waals surface area (Å²) in [7, 11) is 0. The van der Waals surface area contributed by atoms with Crippen molar-refractivity contribution in [1.82, 2.24) is 16.0 Å². The highest BCUT2D eigenvalue weighted by Crippen LogP contribution is 2.06. The number of guanidine groups is 1. The first kappa shape index (κ1) is 34.5. The van der Waals surface area contributed by atoms with E-state index in [1.165, 1.54) is 0 Å². The van der Waals surface area contributed by atoms with Crippen LogP contribution in [-0.4, -0.2) is 89.6 Å². The molecule has 3 amide bonds. The van der Waals surface area contributed by atoms with Crippen molar-refractivity contribution in [1.29, 1.82) is 0 Å². The lowest BCUT2D eigenvalue weighted by molar-refractivity contribution is -0.143. The van der Waals surface area contributed by atoms with Crippen molar-refractivity contribution < 1.29 is 34.2 Å². The molecule has 0 aromatic carbocycles. The highest BCUT2D eigenvalue weighted by molar-refractivity contribution is 5.95. The maximum Gasteiger partial charge on any atom is 0.326 e. The van der Waals surface area contributed by atoms with Crippen molar-refractivity contribution in [3.8, 4) is 0 Å². The van der Waals surface area contributed by atoms with Crippen LogP contribution < -0.4 is 44.6 Å². The topological polar surface area (TPSA) is 304 Å². The van der Waals surface area contributed by atoms with Gasteiger partial charge in [-0.2, -0.15) is 0 Å². The Hall–Kier alpha value is -3.50. The van der Waals surface area contributed by atoms with E-state index in [-0.39, 0.29) is 38.2 Å². The Kier molecular flexibility index (Phi) is 17.8. The van der Waals surface area contributed by atoms with Crippen LogP contribution >= 0.6 is 0 Å². The second-order valence-electron chi connectivity index (χ2n) is 8.74. The number of aliphatic imine (C=N–C) groups is 1. The summed E-state index contributed by atoms with van der Waals surface area (Å²) in [6.45, 7) is 0.902. The SMILES string of the molecule is NCCCCC(N)C(=O)NC(CC(=O)O)C(=O)NC(CCCCN)C(=O)NC(CCCN=C(N)N)C(=O)O. The van der Waals surface area contributed by atoms with Gasteiger partial charge >= 0.3 is 11.9 Å². The molecule has 0 fully saturated rings. The maximum atomic E-state index is 12.9. The third-order valence-corrected chi connectivity index (χ3v) is 5.46. The molecule has 38 heavy (non-hydrogen) atoms. The molecule has 4 atom stereocenters. The zero-order valence-electron chi connectivity index (χ0n) is 21.6. The smallest absolute Gasteiger partial charge is 0.326 e. The van der Waals surface area contributed by atoms with Crippen LogP contribution in [0.3, 0.4) is 0 Å². The molecule has 0 radical (unpaired) electrons. The number of rotatable bonds is 21. The van der Waals surface area contributed by atoms with Crippen molar-refractivity contribution in [3.05, 3.63) is 0 Å². The number of hydrogen-bond acceptors (Lipinski definition) is 9. The Morgan fingerprint density at radius 3 is 1.71 bits per heavy atom. The van der Waals surface area contributed by atoms with Gasteiger partial charge in [0, 0.05) is 6.54 Å². The summed E-state index contributed by atoms with van der Waals surface area (Å²) in [5, 5.41) is 25.8. The fraction of sp³-hybridized carbons (Fsp3) is 0.727. The lowest BCUT2D eigenvalue weighted by Gasteiger charge is -2.24. The van der Waals surface area contributed by atoms with Gasteiger partial charge in [0.2, 0.25) is 17.7 Å². The molecule has 0 spiro atoms. The van der Waals surface area contributed by atoms with E-state index in [9.17, 15) is 34.2 Å². The van der Waals surface area contributed by atoms with Crippen molar-refractivity contribution in [2.45, 2.75) is 82.0 Å². The van der Waals surface area contributed by atoms with Crippen LogP contribution in [0.2, 0.25) is 0 Å². The van der Waals surface area contributed by atoms with Crippen molar-refractivity contribution in [2.75, 3.05) is 19.6 Å². The van der Waals surface area contributed by atoms with Crippen molar-refractivity contribution >= 4 is 35.6 Å². The number of nitrogens with two attached hydrogens (primary N) is 5. The van der Waals surface area contributed by atoms with E-state index in [2.05, 4.69) is 20.9 Å². The molecule has 4 unspecified atom stereocenters. The zero-order chi connectivity index (χ0) is 29.1. The quantitative estimate of drug-likeness (QED) is 0.0384. The van der Waals surface area contributed by atoms with Crippen molar-refractivity contribution in [3.63, 3.8) is 0 Å². The molecule has 0 saturated heterocycles. The summed E-state index contributed by atoms with van der Waals surface area (Å²) in [4.78, 5) is 65.0. The standard InChI is InChI=1S/C22H43N9O7/c23-9-3-1-6-13(25)18(34)31-16(12-17(32)33)20(36)29-14(7-2-4-10-24)19(35)30-15(21(37)38)8-5-11-28-22(26)27/h13-16H,1-12,23-25H2,(H,29,36)(H,30,35)(H,31,34)(H,32,33)(H,37,38)(H4,26,27,28). The number of carbonyl (C=O) groups excluding carboxylic acids is 3. The first-order valence-electron chi connectivity index (χ1n) is 12.5. The number of amides is 3. The Morgan fingerprint density at radius 2 is 1.18 bits per heavy atom. The molecule has 0 aliphatic rings. The summed E-state index contributed by atoms with van der Waals surface area (Å²) in [5.41, 5.74) is 27.2. The average molecular weight is 546 g/mol. The number of carboxylic acid groups (broad SMARTS) is 2. The van der Waals surface area contributed by atoms with Gasteiger partial charge in [0.1, 0.15) is 18.1 Å². The van der Waals surface area contributed by atoms with Gasteiger partial charge in [0.25, 0.3) is 0 Å². The lowest BCUT2D eigenvalue weighted by Crippen LogP contribution is -2.57. The number of nitrogens with one attached hydrogen (secondary N) is 3. The van der Waals surface area contributed by atoms with E-state index in [1.54, 1.807) is 0 Å². The van der Waals surface area contributed by atoms with Crippen LogP contribution in [-0.2, 0) is 24.0 Å². The number of carbonyl (C=O) groups is 5. The lowest BCUT2D eigenvalue weighted by atomic mass is 10.0. The molecule has 0 rings (SSSR count). The van der Waals surface area contributed by atoms with Crippen LogP contribution in [0.15, 0.2) is 4.99 Å². The molecule has 15 N–H and O–H groups in total.